The van der Waals surface area contributed by atoms with Gasteiger partial charge in [0.2, 0.25) is 0 Å². The van der Waals surface area contributed by atoms with Gasteiger partial charge in [0.05, 0.1) is 11.7 Å². The molecular formula is C16H21N5O. The third-order valence-electron chi connectivity index (χ3n) is 4.74. The molecule has 0 amide bonds. The van der Waals surface area contributed by atoms with Gasteiger partial charge in [-0.2, -0.15) is 0 Å². The molecule has 22 heavy (non-hydrogen) atoms. The van der Waals surface area contributed by atoms with Gasteiger partial charge in [0.15, 0.2) is 0 Å². The van der Waals surface area contributed by atoms with E-state index in [0.29, 0.717) is 12.1 Å². The number of aliphatic hydroxyl groups excluding tert-OH is 1. The third-order valence-corrected chi connectivity index (χ3v) is 4.74. The Bertz CT molecular complexity index is 811. The molecule has 3 aromatic heterocycles. The summed E-state index contributed by atoms with van der Waals surface area (Å²) in [5, 5.41) is 11.2. The van der Waals surface area contributed by atoms with Crippen LogP contribution < -0.4 is 5.73 Å². The first-order valence-corrected chi connectivity index (χ1v) is 7.92. The maximum Gasteiger partial charge on any atom is 0.139 e. The molecule has 6 nitrogen and oxygen atoms in total. The zero-order valence-electron chi connectivity index (χ0n) is 12.7. The molecule has 3 aromatic rings. The van der Waals surface area contributed by atoms with Gasteiger partial charge in [0, 0.05) is 23.7 Å². The van der Waals surface area contributed by atoms with Crippen molar-refractivity contribution < 1.29 is 5.11 Å². The summed E-state index contributed by atoms with van der Waals surface area (Å²) in [6.07, 6.45) is 7.17. The molecular weight excluding hydrogens is 278 g/mol. The minimum Gasteiger partial charge on any atom is -0.385 e. The molecule has 0 unspecified atom stereocenters. The number of imidazole rings is 1. The topological polar surface area (TPSA) is 92.8 Å². The van der Waals surface area contributed by atoms with Crippen molar-refractivity contribution in [2.24, 2.45) is 5.73 Å². The van der Waals surface area contributed by atoms with Crippen molar-refractivity contribution in [3.63, 3.8) is 0 Å². The van der Waals surface area contributed by atoms with Gasteiger partial charge < -0.3 is 20.4 Å². The lowest BCUT2D eigenvalue weighted by atomic mass is 9.91. The SMILES string of the molecule is C[C@@H](O)c1nc2cnc3[nH]ccc3c2n1[C@H]1CC[C@H](N)CC1. The summed E-state index contributed by atoms with van der Waals surface area (Å²) in [5.74, 6) is 0.728. The molecule has 4 rings (SSSR count). The molecule has 4 N–H and O–H groups in total. The van der Waals surface area contributed by atoms with E-state index in [1.807, 2.05) is 12.3 Å². The Morgan fingerprint density at radius 1 is 1.36 bits per heavy atom. The number of aromatic nitrogens is 4. The fourth-order valence-corrected chi connectivity index (χ4v) is 3.63. The van der Waals surface area contributed by atoms with Crippen LogP contribution in [0.2, 0.25) is 0 Å². The number of nitrogens with zero attached hydrogens (tertiary/aromatic N) is 3. The van der Waals surface area contributed by atoms with Crippen molar-refractivity contribution in [3.05, 3.63) is 24.3 Å². The monoisotopic (exact) mass is 299 g/mol. The molecule has 0 aromatic carbocycles. The van der Waals surface area contributed by atoms with Crippen LogP contribution in [0.3, 0.4) is 0 Å². The van der Waals surface area contributed by atoms with Crippen molar-refractivity contribution in [1.82, 2.24) is 19.5 Å². The summed E-state index contributed by atoms with van der Waals surface area (Å²) in [4.78, 5) is 12.2. The highest BCUT2D eigenvalue weighted by molar-refractivity contribution is 6.01. The molecule has 1 fully saturated rings. The molecule has 0 spiro atoms. The molecule has 0 bridgehead atoms. The van der Waals surface area contributed by atoms with Crippen LogP contribution in [-0.2, 0) is 0 Å². The number of pyridine rings is 1. The average Bonchev–Trinajstić information content (AvgIpc) is 3.11. The van der Waals surface area contributed by atoms with Crippen molar-refractivity contribution >= 4 is 22.1 Å². The van der Waals surface area contributed by atoms with Crippen LogP contribution in [0.15, 0.2) is 18.5 Å². The highest BCUT2D eigenvalue weighted by Gasteiger charge is 2.26. The number of hydrogen-bond donors (Lipinski definition) is 3. The van der Waals surface area contributed by atoms with Gasteiger partial charge in [-0.05, 0) is 38.7 Å². The number of aliphatic hydroxyl groups is 1. The predicted molar refractivity (Wildman–Crippen MR) is 85.5 cm³/mol. The van der Waals surface area contributed by atoms with Gasteiger partial charge >= 0.3 is 0 Å². The highest BCUT2D eigenvalue weighted by Crippen LogP contribution is 2.35. The second-order valence-electron chi connectivity index (χ2n) is 6.32. The molecule has 0 aliphatic heterocycles. The van der Waals surface area contributed by atoms with E-state index in [9.17, 15) is 5.11 Å². The zero-order valence-corrected chi connectivity index (χ0v) is 12.7. The van der Waals surface area contributed by atoms with Crippen LogP contribution in [0, 0.1) is 0 Å². The standard InChI is InChI=1S/C16H21N5O/c1-9(22)16-20-13-8-19-15-12(6-7-18-15)14(13)21(16)11-4-2-10(17)3-5-11/h6-11,22H,2-5,17H2,1H3,(H,18,19)/t9-,10-,11-/m1/s1. The van der Waals surface area contributed by atoms with E-state index in [-0.39, 0.29) is 0 Å². The maximum absolute atomic E-state index is 10.2. The summed E-state index contributed by atoms with van der Waals surface area (Å²) < 4.78 is 2.23. The lowest BCUT2D eigenvalue weighted by molar-refractivity contribution is 0.177. The van der Waals surface area contributed by atoms with E-state index >= 15 is 0 Å². The van der Waals surface area contributed by atoms with Crippen molar-refractivity contribution in [2.45, 2.75) is 50.8 Å². The van der Waals surface area contributed by atoms with Gasteiger partial charge in [-0.1, -0.05) is 0 Å². The van der Waals surface area contributed by atoms with Crippen LogP contribution >= 0.6 is 0 Å². The normalized spacial score (nSPS) is 24.1. The van der Waals surface area contributed by atoms with Crippen molar-refractivity contribution in [2.75, 3.05) is 0 Å². The lowest BCUT2D eigenvalue weighted by Crippen LogP contribution is -2.28. The number of nitrogens with two attached hydrogens (primary N) is 1. The van der Waals surface area contributed by atoms with Crippen molar-refractivity contribution in [3.8, 4) is 0 Å². The summed E-state index contributed by atoms with van der Waals surface area (Å²) in [5.41, 5.74) is 8.82. The second-order valence-corrected chi connectivity index (χ2v) is 6.32. The minimum atomic E-state index is -0.600. The molecule has 0 radical (unpaired) electrons. The Morgan fingerprint density at radius 3 is 2.86 bits per heavy atom. The van der Waals surface area contributed by atoms with Crippen LogP contribution in [0.25, 0.3) is 22.1 Å². The van der Waals surface area contributed by atoms with E-state index in [2.05, 4.69) is 19.5 Å². The predicted octanol–water partition coefficient (Wildman–Crippen LogP) is 2.41. The smallest absolute Gasteiger partial charge is 0.139 e. The Labute approximate surface area is 128 Å². The summed E-state index contributed by atoms with van der Waals surface area (Å²) >= 11 is 0. The van der Waals surface area contributed by atoms with E-state index in [1.54, 1.807) is 13.1 Å². The maximum atomic E-state index is 10.2. The first kappa shape index (κ1) is 13.7. The van der Waals surface area contributed by atoms with E-state index in [4.69, 9.17) is 5.73 Å². The second kappa shape index (κ2) is 5.07. The van der Waals surface area contributed by atoms with E-state index in [0.717, 1.165) is 53.6 Å². The van der Waals surface area contributed by atoms with E-state index < -0.39 is 6.10 Å². The number of aromatic amines is 1. The molecule has 1 atom stereocenters. The molecule has 1 aliphatic rings. The first-order valence-electron chi connectivity index (χ1n) is 7.92. The van der Waals surface area contributed by atoms with Gasteiger partial charge in [-0.15, -0.1) is 0 Å². The van der Waals surface area contributed by atoms with Crippen LogP contribution in [0.5, 0.6) is 0 Å². The summed E-state index contributed by atoms with van der Waals surface area (Å²) in [6, 6.07) is 2.67. The number of rotatable bonds is 2. The minimum absolute atomic E-state index is 0.301. The zero-order chi connectivity index (χ0) is 15.3. The first-order chi connectivity index (χ1) is 10.6. The molecule has 1 aliphatic carbocycles. The summed E-state index contributed by atoms with van der Waals surface area (Å²) in [7, 11) is 0. The number of fused-ring (bicyclic) bond motifs is 3. The van der Waals surface area contributed by atoms with Crippen LogP contribution in [0.1, 0.15) is 50.6 Å². The van der Waals surface area contributed by atoms with Gasteiger partial charge in [0.25, 0.3) is 0 Å². The largest absolute Gasteiger partial charge is 0.385 e. The Kier molecular flexibility index (Phi) is 3.16. The van der Waals surface area contributed by atoms with Crippen LogP contribution in [-0.4, -0.2) is 30.7 Å². The van der Waals surface area contributed by atoms with Gasteiger partial charge in [0.1, 0.15) is 23.1 Å². The number of H-pyrrole nitrogens is 1. The quantitative estimate of drug-likeness (QED) is 0.677. The Balaban J connectivity index is 1.96. The van der Waals surface area contributed by atoms with Gasteiger partial charge in [-0.3, -0.25) is 0 Å². The Hall–Kier alpha value is -1.92. The molecule has 116 valence electrons. The fourth-order valence-electron chi connectivity index (χ4n) is 3.63. The van der Waals surface area contributed by atoms with Crippen LogP contribution in [0.4, 0.5) is 0 Å². The van der Waals surface area contributed by atoms with Crippen molar-refractivity contribution in [1.29, 1.82) is 0 Å². The fraction of sp³-hybridized carbons (Fsp3) is 0.500. The molecule has 0 saturated heterocycles. The number of nitrogens with one attached hydrogen (secondary N) is 1. The van der Waals surface area contributed by atoms with Gasteiger partial charge in [-0.25, -0.2) is 9.97 Å². The summed E-state index contributed by atoms with van der Waals surface area (Å²) in [6.45, 7) is 1.77. The molecule has 6 heteroatoms. The molecule has 1 saturated carbocycles. The number of hydrogen-bond acceptors (Lipinski definition) is 4. The Morgan fingerprint density at radius 2 is 2.14 bits per heavy atom. The molecule has 3 heterocycles. The third kappa shape index (κ3) is 2.02. The lowest BCUT2D eigenvalue weighted by Gasteiger charge is -2.29. The van der Waals surface area contributed by atoms with E-state index in [1.165, 1.54) is 0 Å². The highest BCUT2D eigenvalue weighted by atomic mass is 16.3. The average molecular weight is 299 g/mol.